The Morgan fingerprint density at radius 3 is 3.10 bits per heavy atom. The predicted octanol–water partition coefficient (Wildman–Crippen LogP) is 2.72. The van der Waals surface area contributed by atoms with Crippen molar-refractivity contribution in [2.75, 3.05) is 6.54 Å². The van der Waals surface area contributed by atoms with Crippen LogP contribution in [0.4, 0.5) is 0 Å². The highest BCUT2D eigenvalue weighted by molar-refractivity contribution is 5.80. The van der Waals surface area contributed by atoms with Crippen LogP contribution in [0.2, 0.25) is 0 Å². The molecule has 3 nitrogen and oxygen atoms in total. The SMILES string of the molecule is Cc1cccc(CCC(=O)n2ccc3c2CCNC3)c1. The van der Waals surface area contributed by atoms with Gasteiger partial charge in [0.05, 0.1) is 0 Å². The fraction of sp³-hybridized carbons (Fsp3) is 0.353. The Morgan fingerprint density at radius 1 is 1.35 bits per heavy atom. The number of aryl methyl sites for hydroxylation is 2. The molecule has 0 spiro atoms. The minimum Gasteiger partial charge on any atom is -0.312 e. The summed E-state index contributed by atoms with van der Waals surface area (Å²) in [4.78, 5) is 12.4. The monoisotopic (exact) mass is 268 g/mol. The highest BCUT2D eigenvalue weighted by atomic mass is 16.2. The predicted molar refractivity (Wildman–Crippen MR) is 80.0 cm³/mol. The van der Waals surface area contributed by atoms with E-state index in [1.54, 1.807) is 0 Å². The Morgan fingerprint density at radius 2 is 2.25 bits per heavy atom. The first-order chi connectivity index (χ1) is 9.74. The zero-order valence-electron chi connectivity index (χ0n) is 11.9. The summed E-state index contributed by atoms with van der Waals surface area (Å²) in [6.07, 6.45) is 4.25. The lowest BCUT2D eigenvalue weighted by molar-refractivity contribution is 0.0899. The third-order valence-corrected chi connectivity index (χ3v) is 3.92. The molecule has 0 aliphatic carbocycles. The maximum Gasteiger partial charge on any atom is 0.231 e. The third-order valence-electron chi connectivity index (χ3n) is 3.92. The van der Waals surface area contributed by atoms with E-state index >= 15 is 0 Å². The summed E-state index contributed by atoms with van der Waals surface area (Å²) >= 11 is 0. The van der Waals surface area contributed by atoms with Gasteiger partial charge in [0.1, 0.15) is 0 Å². The molecule has 3 heteroatoms. The molecule has 1 aromatic heterocycles. The van der Waals surface area contributed by atoms with Crippen molar-refractivity contribution in [3.63, 3.8) is 0 Å². The number of carbonyl (C=O) groups is 1. The summed E-state index contributed by atoms with van der Waals surface area (Å²) in [6, 6.07) is 10.4. The molecule has 1 aliphatic heterocycles. The van der Waals surface area contributed by atoms with E-state index in [-0.39, 0.29) is 5.91 Å². The molecule has 0 amide bonds. The van der Waals surface area contributed by atoms with E-state index in [0.29, 0.717) is 6.42 Å². The number of hydrogen-bond donors (Lipinski definition) is 1. The summed E-state index contributed by atoms with van der Waals surface area (Å²) in [5.41, 5.74) is 4.94. The van der Waals surface area contributed by atoms with Gasteiger partial charge in [-0.2, -0.15) is 0 Å². The Balaban J connectivity index is 1.69. The molecule has 0 bridgehead atoms. The van der Waals surface area contributed by atoms with Gasteiger partial charge in [-0.1, -0.05) is 29.8 Å². The fourth-order valence-electron chi connectivity index (χ4n) is 2.85. The van der Waals surface area contributed by atoms with E-state index in [1.165, 1.54) is 22.4 Å². The number of rotatable bonds is 3. The largest absolute Gasteiger partial charge is 0.312 e. The second-order valence-electron chi connectivity index (χ2n) is 5.47. The molecule has 0 saturated heterocycles. The van der Waals surface area contributed by atoms with E-state index in [0.717, 1.165) is 25.9 Å². The van der Waals surface area contributed by atoms with Gasteiger partial charge in [-0.15, -0.1) is 0 Å². The van der Waals surface area contributed by atoms with Crippen molar-refractivity contribution in [1.82, 2.24) is 9.88 Å². The van der Waals surface area contributed by atoms with Gasteiger partial charge >= 0.3 is 0 Å². The summed E-state index contributed by atoms with van der Waals surface area (Å²) in [7, 11) is 0. The van der Waals surface area contributed by atoms with Crippen LogP contribution in [0.5, 0.6) is 0 Å². The van der Waals surface area contributed by atoms with Crippen LogP contribution in [0.1, 0.15) is 33.6 Å². The first-order valence-corrected chi connectivity index (χ1v) is 7.22. The number of hydrogen-bond acceptors (Lipinski definition) is 2. The smallest absolute Gasteiger partial charge is 0.231 e. The van der Waals surface area contributed by atoms with E-state index in [9.17, 15) is 4.79 Å². The topological polar surface area (TPSA) is 34.0 Å². The molecule has 0 unspecified atom stereocenters. The molecule has 0 atom stereocenters. The van der Waals surface area contributed by atoms with Crippen molar-refractivity contribution in [2.45, 2.75) is 32.7 Å². The summed E-state index contributed by atoms with van der Waals surface area (Å²) in [5.74, 6) is 0.203. The Kier molecular flexibility index (Phi) is 3.70. The van der Waals surface area contributed by atoms with Crippen molar-refractivity contribution in [3.05, 3.63) is 58.9 Å². The molecule has 0 fully saturated rings. The molecule has 0 radical (unpaired) electrons. The van der Waals surface area contributed by atoms with Crippen LogP contribution in [0.15, 0.2) is 36.5 Å². The average Bonchev–Trinajstić information content (AvgIpc) is 2.89. The molecule has 2 heterocycles. The minimum atomic E-state index is 0.203. The second kappa shape index (κ2) is 5.63. The van der Waals surface area contributed by atoms with Crippen molar-refractivity contribution in [3.8, 4) is 0 Å². The van der Waals surface area contributed by atoms with Gasteiger partial charge in [0, 0.05) is 37.8 Å². The van der Waals surface area contributed by atoms with Gasteiger partial charge in [0.25, 0.3) is 0 Å². The van der Waals surface area contributed by atoms with Crippen LogP contribution in [0.3, 0.4) is 0 Å². The second-order valence-corrected chi connectivity index (χ2v) is 5.47. The number of benzene rings is 1. The molecule has 20 heavy (non-hydrogen) atoms. The third kappa shape index (κ3) is 2.68. The van der Waals surface area contributed by atoms with Crippen LogP contribution in [0, 0.1) is 6.92 Å². The lowest BCUT2D eigenvalue weighted by atomic mass is 10.1. The molecule has 104 valence electrons. The minimum absolute atomic E-state index is 0.203. The van der Waals surface area contributed by atoms with E-state index < -0.39 is 0 Å². The molecular weight excluding hydrogens is 248 g/mol. The first kappa shape index (κ1) is 13.1. The van der Waals surface area contributed by atoms with Crippen LogP contribution < -0.4 is 5.32 Å². The summed E-state index contributed by atoms with van der Waals surface area (Å²) in [5, 5.41) is 3.33. The number of fused-ring (bicyclic) bond motifs is 1. The van der Waals surface area contributed by atoms with Gasteiger partial charge in [-0.05, 0) is 30.5 Å². The molecule has 2 aromatic rings. The number of nitrogens with zero attached hydrogens (tertiary/aromatic N) is 1. The molecular formula is C17H20N2O. The van der Waals surface area contributed by atoms with E-state index in [4.69, 9.17) is 0 Å². The van der Waals surface area contributed by atoms with E-state index in [2.05, 4.69) is 42.6 Å². The first-order valence-electron chi connectivity index (χ1n) is 7.22. The van der Waals surface area contributed by atoms with Gasteiger partial charge in [0.15, 0.2) is 0 Å². The van der Waals surface area contributed by atoms with Crippen molar-refractivity contribution in [1.29, 1.82) is 0 Å². The Labute approximate surface area is 119 Å². The van der Waals surface area contributed by atoms with Crippen molar-refractivity contribution < 1.29 is 4.79 Å². The zero-order valence-corrected chi connectivity index (χ0v) is 11.9. The summed E-state index contributed by atoms with van der Waals surface area (Å²) < 4.78 is 1.85. The standard InChI is InChI=1S/C17H20N2O/c1-13-3-2-4-14(11-13)5-6-17(20)19-10-8-15-12-18-9-7-16(15)19/h2-4,8,10-11,18H,5-7,9,12H2,1H3. The molecule has 1 aromatic carbocycles. The number of nitrogens with one attached hydrogen (secondary N) is 1. The lowest BCUT2D eigenvalue weighted by Gasteiger charge is -2.16. The number of carbonyl (C=O) groups excluding carboxylic acids is 1. The van der Waals surface area contributed by atoms with Crippen LogP contribution in [0.25, 0.3) is 0 Å². The van der Waals surface area contributed by atoms with Crippen molar-refractivity contribution in [2.24, 2.45) is 0 Å². The van der Waals surface area contributed by atoms with Gasteiger partial charge in [0.2, 0.25) is 5.91 Å². The molecule has 0 saturated carbocycles. The summed E-state index contributed by atoms with van der Waals surface area (Å²) in [6.45, 7) is 3.93. The normalized spacial score (nSPS) is 14.1. The van der Waals surface area contributed by atoms with Crippen LogP contribution in [-0.4, -0.2) is 17.0 Å². The Hall–Kier alpha value is -1.87. The Bertz CT molecular complexity index is 628. The highest BCUT2D eigenvalue weighted by Crippen LogP contribution is 2.16. The molecule has 1 aliphatic rings. The van der Waals surface area contributed by atoms with Gasteiger partial charge in [-0.25, -0.2) is 0 Å². The van der Waals surface area contributed by atoms with Gasteiger partial charge < -0.3 is 5.32 Å². The fourth-order valence-corrected chi connectivity index (χ4v) is 2.85. The molecule has 1 N–H and O–H groups in total. The molecule has 3 rings (SSSR count). The van der Waals surface area contributed by atoms with Crippen LogP contribution in [-0.2, 0) is 19.4 Å². The lowest BCUT2D eigenvalue weighted by Crippen LogP contribution is -2.26. The quantitative estimate of drug-likeness (QED) is 0.928. The van der Waals surface area contributed by atoms with Crippen LogP contribution >= 0.6 is 0 Å². The highest BCUT2D eigenvalue weighted by Gasteiger charge is 2.16. The zero-order chi connectivity index (χ0) is 13.9. The average molecular weight is 268 g/mol. The maximum absolute atomic E-state index is 12.4. The van der Waals surface area contributed by atoms with Gasteiger partial charge in [-0.3, -0.25) is 9.36 Å². The maximum atomic E-state index is 12.4. The van der Waals surface area contributed by atoms with Crippen molar-refractivity contribution >= 4 is 5.91 Å². The number of aromatic nitrogens is 1. The van der Waals surface area contributed by atoms with E-state index in [1.807, 2.05) is 10.8 Å².